The largest absolute Gasteiger partial charge is 0.329 e. The second-order valence-electron chi connectivity index (χ2n) is 7.81. The van der Waals surface area contributed by atoms with Crippen molar-refractivity contribution < 1.29 is 14.5 Å². The lowest BCUT2D eigenvalue weighted by molar-refractivity contribution is -0.384. The van der Waals surface area contributed by atoms with Crippen LogP contribution in [-0.4, -0.2) is 26.3 Å². The molecule has 1 N–H and O–H groups in total. The van der Waals surface area contributed by atoms with Gasteiger partial charge < -0.3 is 9.88 Å². The van der Waals surface area contributed by atoms with Crippen molar-refractivity contribution >= 4 is 23.7 Å². The molecule has 1 aromatic heterocycles. The molecular formula is C24H22N4O4. The zero-order valence-corrected chi connectivity index (χ0v) is 18.0. The Morgan fingerprint density at radius 3 is 2.50 bits per heavy atom. The summed E-state index contributed by atoms with van der Waals surface area (Å²) < 4.78 is 1.88. The van der Waals surface area contributed by atoms with Gasteiger partial charge in [-0.25, -0.2) is 4.79 Å². The molecule has 0 atom stereocenters. The standard InChI is InChI=1S/C24H22N4O4/c1-15-6-4-7-18(10-15)14-26-23(29)22(25-24(26)30)12-19-11-16(2)27(17(19)3)20-8-5-9-21(13-20)28(31)32/h4-13H,14H2,1-3H3,(H,25,30)/b22-12+. The number of nitro groups is 1. The molecule has 3 amide bonds. The lowest BCUT2D eigenvalue weighted by atomic mass is 10.1. The highest BCUT2D eigenvalue weighted by molar-refractivity contribution is 6.14. The van der Waals surface area contributed by atoms with Crippen molar-refractivity contribution in [3.63, 3.8) is 0 Å². The van der Waals surface area contributed by atoms with Crippen molar-refractivity contribution in [3.05, 3.63) is 98.5 Å². The van der Waals surface area contributed by atoms with Gasteiger partial charge in [0.15, 0.2) is 0 Å². The van der Waals surface area contributed by atoms with Crippen LogP contribution >= 0.6 is 0 Å². The van der Waals surface area contributed by atoms with E-state index in [1.807, 2.05) is 55.7 Å². The van der Waals surface area contributed by atoms with Gasteiger partial charge in [0.25, 0.3) is 11.6 Å². The molecule has 0 unspecified atom stereocenters. The highest BCUT2D eigenvalue weighted by atomic mass is 16.6. The van der Waals surface area contributed by atoms with Crippen molar-refractivity contribution in [2.24, 2.45) is 0 Å². The maximum Gasteiger partial charge on any atom is 0.329 e. The normalized spacial score (nSPS) is 14.8. The Balaban J connectivity index is 1.64. The SMILES string of the molecule is Cc1cccc(CN2C(=O)N/C(=C/c3cc(C)n(-c4cccc([N+](=O)[O-])c4)c3C)C2=O)c1. The molecule has 2 heterocycles. The van der Waals surface area contributed by atoms with Crippen LogP contribution in [0.1, 0.15) is 28.1 Å². The minimum absolute atomic E-state index is 0.0000656. The Morgan fingerprint density at radius 1 is 1.03 bits per heavy atom. The van der Waals surface area contributed by atoms with Crippen LogP contribution in [0.15, 0.2) is 60.3 Å². The number of aromatic nitrogens is 1. The summed E-state index contributed by atoms with van der Waals surface area (Å²) in [5.41, 5.74) is 5.18. The number of benzene rings is 2. The van der Waals surface area contributed by atoms with Crippen LogP contribution in [0.3, 0.4) is 0 Å². The minimum Gasteiger partial charge on any atom is -0.318 e. The van der Waals surface area contributed by atoms with Gasteiger partial charge in [0.1, 0.15) is 5.70 Å². The number of non-ortho nitro benzene ring substituents is 1. The van der Waals surface area contributed by atoms with E-state index in [2.05, 4.69) is 5.32 Å². The molecular weight excluding hydrogens is 408 g/mol. The van der Waals surface area contributed by atoms with Gasteiger partial charge >= 0.3 is 6.03 Å². The van der Waals surface area contributed by atoms with E-state index in [1.165, 1.54) is 17.0 Å². The molecule has 3 aromatic rings. The van der Waals surface area contributed by atoms with Crippen molar-refractivity contribution in [2.75, 3.05) is 0 Å². The van der Waals surface area contributed by atoms with Crippen molar-refractivity contribution in [1.29, 1.82) is 0 Å². The van der Waals surface area contributed by atoms with Gasteiger partial charge in [-0.15, -0.1) is 0 Å². The number of amides is 3. The molecule has 32 heavy (non-hydrogen) atoms. The van der Waals surface area contributed by atoms with Crippen LogP contribution in [-0.2, 0) is 11.3 Å². The number of rotatable bonds is 5. The molecule has 0 radical (unpaired) electrons. The average Bonchev–Trinajstić information content (AvgIpc) is 3.17. The Hall–Kier alpha value is -4.20. The third kappa shape index (κ3) is 3.90. The van der Waals surface area contributed by atoms with E-state index < -0.39 is 16.9 Å². The summed E-state index contributed by atoms with van der Waals surface area (Å²) in [6.45, 7) is 5.89. The maximum absolute atomic E-state index is 12.9. The molecule has 1 aliphatic heterocycles. The molecule has 0 aliphatic carbocycles. The van der Waals surface area contributed by atoms with E-state index in [0.29, 0.717) is 5.69 Å². The van der Waals surface area contributed by atoms with Gasteiger partial charge in [0.05, 0.1) is 17.2 Å². The second-order valence-corrected chi connectivity index (χ2v) is 7.81. The highest BCUT2D eigenvalue weighted by Crippen LogP contribution is 2.26. The summed E-state index contributed by atoms with van der Waals surface area (Å²) in [7, 11) is 0. The molecule has 0 bridgehead atoms. The molecule has 2 aromatic carbocycles. The van der Waals surface area contributed by atoms with E-state index in [9.17, 15) is 19.7 Å². The van der Waals surface area contributed by atoms with Crippen LogP contribution in [0.5, 0.6) is 0 Å². The first-order chi connectivity index (χ1) is 15.2. The number of hydrogen-bond donors (Lipinski definition) is 1. The molecule has 0 saturated carbocycles. The summed E-state index contributed by atoms with van der Waals surface area (Å²) >= 11 is 0. The van der Waals surface area contributed by atoms with Crippen LogP contribution in [0.4, 0.5) is 10.5 Å². The number of nitrogens with one attached hydrogen (secondary N) is 1. The van der Waals surface area contributed by atoms with E-state index in [0.717, 1.165) is 28.1 Å². The van der Waals surface area contributed by atoms with E-state index >= 15 is 0 Å². The molecule has 8 nitrogen and oxygen atoms in total. The predicted molar refractivity (Wildman–Crippen MR) is 120 cm³/mol. The van der Waals surface area contributed by atoms with Gasteiger partial charge in [-0.2, -0.15) is 0 Å². The number of nitro benzene ring substituents is 1. The molecule has 1 saturated heterocycles. The lowest BCUT2D eigenvalue weighted by Gasteiger charge is -2.12. The summed E-state index contributed by atoms with van der Waals surface area (Å²) in [5, 5.41) is 13.8. The zero-order valence-electron chi connectivity index (χ0n) is 18.0. The van der Waals surface area contributed by atoms with E-state index in [4.69, 9.17) is 0 Å². The first kappa shape index (κ1) is 21.0. The summed E-state index contributed by atoms with van der Waals surface area (Å²) in [6.07, 6.45) is 1.65. The average molecular weight is 430 g/mol. The van der Waals surface area contributed by atoms with E-state index in [-0.39, 0.29) is 17.9 Å². The first-order valence-electron chi connectivity index (χ1n) is 10.1. The fraction of sp³-hybridized carbons (Fsp3) is 0.167. The number of carbonyl (C=O) groups is 2. The van der Waals surface area contributed by atoms with Crippen molar-refractivity contribution in [2.45, 2.75) is 27.3 Å². The Morgan fingerprint density at radius 2 is 1.78 bits per heavy atom. The summed E-state index contributed by atoms with van der Waals surface area (Å²) in [6, 6.07) is 15.4. The van der Waals surface area contributed by atoms with E-state index in [1.54, 1.807) is 18.2 Å². The number of carbonyl (C=O) groups excluding carboxylic acids is 2. The van der Waals surface area contributed by atoms with Gasteiger partial charge in [0.2, 0.25) is 0 Å². The second kappa shape index (κ2) is 8.14. The molecule has 8 heteroatoms. The number of urea groups is 1. The minimum atomic E-state index is -0.463. The number of nitrogens with zero attached hydrogens (tertiary/aromatic N) is 3. The number of aryl methyl sites for hydroxylation is 2. The number of hydrogen-bond acceptors (Lipinski definition) is 4. The van der Waals surface area contributed by atoms with Gasteiger partial charge in [0, 0.05) is 23.5 Å². The van der Waals surface area contributed by atoms with Gasteiger partial charge in [-0.05, 0) is 50.1 Å². The van der Waals surface area contributed by atoms with Crippen LogP contribution in [0.2, 0.25) is 0 Å². The Bertz CT molecular complexity index is 1290. The fourth-order valence-electron chi connectivity index (χ4n) is 3.94. The Labute approximate surface area is 184 Å². The topological polar surface area (TPSA) is 97.5 Å². The third-order valence-corrected chi connectivity index (χ3v) is 5.45. The highest BCUT2D eigenvalue weighted by Gasteiger charge is 2.33. The van der Waals surface area contributed by atoms with Crippen LogP contribution in [0.25, 0.3) is 11.8 Å². The molecule has 4 rings (SSSR count). The lowest BCUT2D eigenvalue weighted by Crippen LogP contribution is -2.30. The van der Waals surface area contributed by atoms with Gasteiger partial charge in [-0.1, -0.05) is 35.9 Å². The van der Waals surface area contributed by atoms with Gasteiger partial charge in [-0.3, -0.25) is 19.8 Å². The summed E-state index contributed by atoms with van der Waals surface area (Å²) in [4.78, 5) is 37.2. The van der Waals surface area contributed by atoms with Crippen LogP contribution < -0.4 is 5.32 Å². The first-order valence-corrected chi connectivity index (χ1v) is 10.1. The monoisotopic (exact) mass is 430 g/mol. The fourth-order valence-corrected chi connectivity index (χ4v) is 3.94. The van der Waals surface area contributed by atoms with Crippen LogP contribution in [0, 0.1) is 30.9 Å². The molecule has 162 valence electrons. The molecule has 1 fully saturated rings. The quantitative estimate of drug-likeness (QED) is 0.281. The summed E-state index contributed by atoms with van der Waals surface area (Å²) in [5.74, 6) is -0.392. The Kier molecular flexibility index (Phi) is 5.36. The maximum atomic E-state index is 12.9. The predicted octanol–water partition coefficient (Wildman–Crippen LogP) is 4.40. The van der Waals surface area contributed by atoms with Crippen molar-refractivity contribution in [1.82, 2.24) is 14.8 Å². The molecule has 0 spiro atoms. The molecule has 1 aliphatic rings. The number of imide groups is 1. The van der Waals surface area contributed by atoms with Crippen molar-refractivity contribution in [3.8, 4) is 5.69 Å². The smallest absolute Gasteiger partial charge is 0.318 e. The third-order valence-electron chi connectivity index (χ3n) is 5.45. The zero-order chi connectivity index (χ0) is 23.0.